The van der Waals surface area contributed by atoms with E-state index in [4.69, 9.17) is 5.73 Å². The molecule has 0 atom stereocenters. The fraction of sp³-hybridized carbons (Fsp3) is 0.625. The largest absolute Gasteiger partial charge is 0.329 e. The highest BCUT2D eigenvalue weighted by Crippen LogP contribution is 2.42. The Morgan fingerprint density at radius 3 is 3.00 bits per heavy atom. The van der Waals surface area contributed by atoms with Gasteiger partial charge >= 0.3 is 0 Å². The molecule has 0 unspecified atom stereocenters. The van der Waals surface area contributed by atoms with Gasteiger partial charge in [-0.05, 0) is 28.8 Å². The molecule has 0 amide bonds. The van der Waals surface area contributed by atoms with Crippen molar-refractivity contribution < 1.29 is 0 Å². The van der Waals surface area contributed by atoms with Crippen LogP contribution in [0.25, 0.3) is 0 Å². The zero-order chi connectivity index (χ0) is 8.55. The van der Waals surface area contributed by atoms with Crippen molar-refractivity contribution in [2.45, 2.75) is 25.3 Å². The summed E-state index contributed by atoms with van der Waals surface area (Å²) in [6.45, 7) is 1.46. The van der Waals surface area contributed by atoms with E-state index in [0.717, 1.165) is 11.0 Å². The van der Waals surface area contributed by atoms with E-state index in [2.05, 4.69) is 21.0 Å². The summed E-state index contributed by atoms with van der Waals surface area (Å²) < 4.78 is 3.05. The fourth-order valence-corrected chi connectivity index (χ4v) is 1.93. The summed E-state index contributed by atoms with van der Waals surface area (Å²) in [6, 6.07) is 0. The summed E-state index contributed by atoms with van der Waals surface area (Å²) in [5.74, 6) is 0.707. The number of halogens is 1. The number of nitrogens with zero attached hydrogens (tertiary/aromatic N) is 2. The number of hydrogen-bond donors (Lipinski definition) is 1. The topological polar surface area (TPSA) is 43.8 Å². The normalized spacial score (nSPS) is 16.8. The number of hydrogen-bond acceptors (Lipinski definition) is 2. The Labute approximate surface area is 80.1 Å². The van der Waals surface area contributed by atoms with Crippen molar-refractivity contribution in [2.24, 2.45) is 5.73 Å². The zero-order valence-corrected chi connectivity index (χ0v) is 8.42. The summed E-state index contributed by atoms with van der Waals surface area (Å²) in [5, 5.41) is 4.45. The van der Waals surface area contributed by atoms with Crippen molar-refractivity contribution in [3.05, 3.63) is 16.4 Å². The summed E-state index contributed by atoms with van der Waals surface area (Å²) in [4.78, 5) is 0. The highest BCUT2D eigenvalue weighted by Gasteiger charge is 2.28. The number of rotatable bonds is 3. The second kappa shape index (κ2) is 3.18. The van der Waals surface area contributed by atoms with Crippen LogP contribution in [0.3, 0.4) is 0 Å². The second-order valence-electron chi connectivity index (χ2n) is 3.19. The monoisotopic (exact) mass is 229 g/mol. The molecule has 0 radical (unpaired) electrons. The Morgan fingerprint density at radius 1 is 1.67 bits per heavy atom. The Morgan fingerprint density at radius 2 is 2.42 bits per heavy atom. The van der Waals surface area contributed by atoms with Gasteiger partial charge in [-0.25, -0.2) is 0 Å². The van der Waals surface area contributed by atoms with Crippen LogP contribution in [0.4, 0.5) is 0 Å². The van der Waals surface area contributed by atoms with Crippen LogP contribution in [0.15, 0.2) is 10.7 Å². The lowest BCUT2D eigenvalue weighted by atomic mass is 10.3. The van der Waals surface area contributed by atoms with Gasteiger partial charge in [0, 0.05) is 18.7 Å². The van der Waals surface area contributed by atoms with E-state index in [1.54, 1.807) is 0 Å². The van der Waals surface area contributed by atoms with Gasteiger partial charge in [-0.1, -0.05) is 0 Å². The maximum Gasteiger partial charge on any atom is 0.0797 e. The Bertz CT molecular complexity index is 278. The molecular weight excluding hydrogens is 218 g/mol. The lowest BCUT2D eigenvalue weighted by Crippen LogP contribution is -2.10. The lowest BCUT2D eigenvalue weighted by molar-refractivity contribution is 0.615. The molecule has 2 N–H and O–H groups in total. The summed E-state index contributed by atoms with van der Waals surface area (Å²) in [5.41, 5.74) is 6.65. The molecule has 2 rings (SSSR count). The standard InChI is InChI=1S/C8H12BrN3/c9-7-5-12(4-3-10)11-8(7)6-1-2-6/h5-6H,1-4,10H2. The van der Waals surface area contributed by atoms with Crippen molar-refractivity contribution in [3.63, 3.8) is 0 Å². The second-order valence-corrected chi connectivity index (χ2v) is 4.04. The molecule has 1 aromatic rings. The molecular formula is C8H12BrN3. The molecule has 12 heavy (non-hydrogen) atoms. The number of nitrogens with two attached hydrogens (primary N) is 1. The molecule has 0 aliphatic heterocycles. The molecule has 0 spiro atoms. The molecule has 0 aromatic carbocycles. The van der Waals surface area contributed by atoms with Crippen molar-refractivity contribution in [1.82, 2.24) is 9.78 Å². The maximum atomic E-state index is 5.44. The highest BCUT2D eigenvalue weighted by atomic mass is 79.9. The zero-order valence-electron chi connectivity index (χ0n) is 6.83. The Balaban J connectivity index is 2.18. The van der Waals surface area contributed by atoms with Gasteiger partial charge in [-0.15, -0.1) is 0 Å². The minimum absolute atomic E-state index is 0.651. The Kier molecular flexibility index (Phi) is 2.19. The van der Waals surface area contributed by atoms with Gasteiger partial charge in [-0.3, -0.25) is 4.68 Å². The van der Waals surface area contributed by atoms with E-state index >= 15 is 0 Å². The maximum absolute atomic E-state index is 5.44. The first-order chi connectivity index (χ1) is 5.81. The smallest absolute Gasteiger partial charge is 0.0797 e. The van der Waals surface area contributed by atoms with E-state index in [1.807, 2.05) is 10.9 Å². The minimum Gasteiger partial charge on any atom is -0.329 e. The van der Waals surface area contributed by atoms with E-state index in [1.165, 1.54) is 18.5 Å². The summed E-state index contributed by atoms with van der Waals surface area (Å²) in [7, 11) is 0. The molecule has 0 saturated heterocycles. The van der Waals surface area contributed by atoms with Gasteiger partial charge < -0.3 is 5.73 Å². The Hall–Kier alpha value is -0.350. The molecule has 0 bridgehead atoms. The van der Waals surface area contributed by atoms with Crippen molar-refractivity contribution in [3.8, 4) is 0 Å². The molecule has 1 aliphatic carbocycles. The minimum atomic E-state index is 0.651. The first-order valence-electron chi connectivity index (χ1n) is 4.24. The third kappa shape index (κ3) is 1.54. The first kappa shape index (κ1) is 8.26. The predicted octanol–water partition coefficient (Wildman–Crippen LogP) is 1.48. The molecule has 4 heteroatoms. The van der Waals surface area contributed by atoms with Crippen LogP contribution in [0.1, 0.15) is 24.5 Å². The number of aromatic nitrogens is 2. The van der Waals surface area contributed by atoms with Crippen LogP contribution in [0.5, 0.6) is 0 Å². The lowest BCUT2D eigenvalue weighted by Gasteiger charge is -1.95. The third-order valence-corrected chi connectivity index (χ3v) is 2.68. The van der Waals surface area contributed by atoms with Crippen molar-refractivity contribution >= 4 is 15.9 Å². The average molecular weight is 230 g/mol. The third-order valence-electron chi connectivity index (χ3n) is 2.07. The van der Waals surface area contributed by atoms with Crippen molar-refractivity contribution in [1.29, 1.82) is 0 Å². The molecule has 66 valence electrons. The van der Waals surface area contributed by atoms with Gasteiger partial charge in [-0.2, -0.15) is 5.10 Å². The highest BCUT2D eigenvalue weighted by molar-refractivity contribution is 9.10. The van der Waals surface area contributed by atoms with E-state index in [0.29, 0.717) is 12.5 Å². The SMILES string of the molecule is NCCn1cc(Br)c(C2CC2)n1. The molecule has 1 saturated carbocycles. The molecule has 1 heterocycles. The van der Waals surface area contributed by atoms with Gasteiger partial charge in [0.2, 0.25) is 0 Å². The first-order valence-corrected chi connectivity index (χ1v) is 5.03. The van der Waals surface area contributed by atoms with Gasteiger partial charge in [0.1, 0.15) is 0 Å². The predicted molar refractivity (Wildman–Crippen MR) is 51.0 cm³/mol. The average Bonchev–Trinajstić information content (AvgIpc) is 2.79. The summed E-state index contributed by atoms with van der Waals surface area (Å²) in [6.07, 6.45) is 4.59. The van der Waals surface area contributed by atoms with Crippen LogP contribution in [0.2, 0.25) is 0 Å². The van der Waals surface area contributed by atoms with Crippen LogP contribution >= 0.6 is 15.9 Å². The van der Waals surface area contributed by atoms with Crippen LogP contribution in [-0.2, 0) is 6.54 Å². The van der Waals surface area contributed by atoms with Gasteiger partial charge in [0.15, 0.2) is 0 Å². The van der Waals surface area contributed by atoms with Crippen LogP contribution in [-0.4, -0.2) is 16.3 Å². The molecule has 1 aliphatic rings. The quantitative estimate of drug-likeness (QED) is 0.854. The molecule has 1 fully saturated rings. The van der Waals surface area contributed by atoms with E-state index < -0.39 is 0 Å². The molecule has 1 aromatic heterocycles. The van der Waals surface area contributed by atoms with Crippen LogP contribution < -0.4 is 5.73 Å². The summed E-state index contributed by atoms with van der Waals surface area (Å²) >= 11 is 3.50. The van der Waals surface area contributed by atoms with Crippen molar-refractivity contribution in [2.75, 3.05) is 6.54 Å². The van der Waals surface area contributed by atoms with E-state index in [9.17, 15) is 0 Å². The van der Waals surface area contributed by atoms with Gasteiger partial charge in [0.05, 0.1) is 16.7 Å². The van der Waals surface area contributed by atoms with Crippen LogP contribution in [0, 0.1) is 0 Å². The van der Waals surface area contributed by atoms with E-state index in [-0.39, 0.29) is 0 Å². The fourth-order valence-electron chi connectivity index (χ4n) is 1.29. The van der Waals surface area contributed by atoms with Gasteiger partial charge in [0.25, 0.3) is 0 Å². The molecule has 3 nitrogen and oxygen atoms in total.